The summed E-state index contributed by atoms with van der Waals surface area (Å²) >= 11 is 0. The van der Waals surface area contributed by atoms with Gasteiger partial charge in [0.2, 0.25) is 10.0 Å². The fourth-order valence-electron chi connectivity index (χ4n) is 3.14. The van der Waals surface area contributed by atoms with E-state index in [2.05, 4.69) is 4.98 Å². The number of benzene rings is 1. The smallest absolute Gasteiger partial charge is 0.306 e. The molecular formula is C19H22N4O4S. The summed E-state index contributed by atoms with van der Waals surface area (Å²) in [6.45, 7) is 3.99. The molecule has 8 nitrogen and oxygen atoms in total. The zero-order valence-electron chi connectivity index (χ0n) is 15.7. The second kappa shape index (κ2) is 7.33. The third-order valence-electron chi connectivity index (χ3n) is 4.87. The molecule has 2 heterocycles. The SMILES string of the molecule is CC1(C)C(=O)N(CCc2ccc(S(N)(=O)=O)cc2)C(=O)N1Cc1ccncc1. The van der Waals surface area contributed by atoms with Gasteiger partial charge in [-0.15, -0.1) is 0 Å². The number of nitrogens with zero attached hydrogens (tertiary/aromatic N) is 3. The van der Waals surface area contributed by atoms with Gasteiger partial charge in [0.05, 0.1) is 4.90 Å². The molecule has 0 unspecified atom stereocenters. The van der Waals surface area contributed by atoms with Crippen molar-refractivity contribution in [2.24, 2.45) is 5.14 Å². The van der Waals surface area contributed by atoms with Crippen LogP contribution < -0.4 is 5.14 Å². The van der Waals surface area contributed by atoms with Crippen LogP contribution in [0.5, 0.6) is 0 Å². The van der Waals surface area contributed by atoms with Gasteiger partial charge >= 0.3 is 6.03 Å². The number of hydrogen-bond acceptors (Lipinski definition) is 5. The zero-order chi connectivity index (χ0) is 20.5. The number of carbonyl (C=O) groups is 2. The first-order chi connectivity index (χ1) is 13.1. The lowest BCUT2D eigenvalue weighted by molar-refractivity contribution is -0.131. The topological polar surface area (TPSA) is 114 Å². The van der Waals surface area contributed by atoms with Gasteiger partial charge in [0.25, 0.3) is 5.91 Å². The van der Waals surface area contributed by atoms with E-state index in [1.807, 2.05) is 12.1 Å². The van der Waals surface area contributed by atoms with Crippen LogP contribution in [0.4, 0.5) is 4.79 Å². The van der Waals surface area contributed by atoms with E-state index < -0.39 is 15.6 Å². The first-order valence-corrected chi connectivity index (χ1v) is 10.3. The minimum atomic E-state index is -3.75. The largest absolute Gasteiger partial charge is 0.327 e. The van der Waals surface area contributed by atoms with Crippen molar-refractivity contribution in [3.05, 3.63) is 59.9 Å². The maximum atomic E-state index is 12.9. The number of amides is 3. The van der Waals surface area contributed by atoms with Gasteiger partial charge in [0, 0.05) is 25.5 Å². The fourth-order valence-corrected chi connectivity index (χ4v) is 3.65. The van der Waals surface area contributed by atoms with E-state index in [-0.39, 0.29) is 23.4 Å². The van der Waals surface area contributed by atoms with Crippen LogP contribution in [-0.2, 0) is 27.8 Å². The molecule has 1 aliphatic rings. The first-order valence-electron chi connectivity index (χ1n) is 8.75. The normalized spacial score (nSPS) is 16.7. The van der Waals surface area contributed by atoms with E-state index in [1.165, 1.54) is 17.0 Å². The van der Waals surface area contributed by atoms with Gasteiger partial charge in [-0.3, -0.25) is 14.7 Å². The van der Waals surface area contributed by atoms with E-state index in [1.54, 1.807) is 43.3 Å². The van der Waals surface area contributed by atoms with E-state index in [0.717, 1.165) is 11.1 Å². The molecule has 0 aliphatic carbocycles. The van der Waals surface area contributed by atoms with Crippen molar-refractivity contribution in [3.63, 3.8) is 0 Å². The fraction of sp³-hybridized carbons (Fsp3) is 0.316. The average molecular weight is 402 g/mol. The Kier molecular flexibility index (Phi) is 5.22. The first kappa shape index (κ1) is 20.0. The predicted octanol–water partition coefficient (Wildman–Crippen LogP) is 1.51. The van der Waals surface area contributed by atoms with Crippen LogP contribution in [0.3, 0.4) is 0 Å². The molecular weight excluding hydrogens is 380 g/mol. The minimum Gasteiger partial charge on any atom is -0.306 e. The Morgan fingerprint density at radius 3 is 2.18 bits per heavy atom. The molecule has 3 rings (SSSR count). The number of urea groups is 1. The number of aromatic nitrogens is 1. The van der Waals surface area contributed by atoms with Crippen molar-refractivity contribution in [1.29, 1.82) is 0 Å². The molecule has 28 heavy (non-hydrogen) atoms. The molecule has 3 amide bonds. The molecule has 1 fully saturated rings. The van der Waals surface area contributed by atoms with Crippen LogP contribution in [0, 0.1) is 0 Å². The lowest BCUT2D eigenvalue weighted by Crippen LogP contribution is -2.43. The molecule has 0 radical (unpaired) electrons. The number of rotatable bonds is 6. The number of pyridine rings is 1. The van der Waals surface area contributed by atoms with Crippen molar-refractivity contribution in [2.45, 2.75) is 37.2 Å². The molecule has 0 atom stereocenters. The second-order valence-corrected chi connectivity index (χ2v) is 8.74. The highest BCUT2D eigenvalue weighted by molar-refractivity contribution is 7.89. The van der Waals surface area contributed by atoms with Crippen LogP contribution in [0.1, 0.15) is 25.0 Å². The van der Waals surface area contributed by atoms with Crippen LogP contribution in [0.2, 0.25) is 0 Å². The summed E-state index contributed by atoms with van der Waals surface area (Å²) in [5.74, 6) is -0.257. The second-order valence-electron chi connectivity index (χ2n) is 7.18. The Balaban J connectivity index is 1.72. The van der Waals surface area contributed by atoms with Gasteiger partial charge in [-0.05, 0) is 55.7 Å². The Morgan fingerprint density at radius 2 is 1.61 bits per heavy atom. The van der Waals surface area contributed by atoms with Crippen molar-refractivity contribution in [1.82, 2.24) is 14.8 Å². The molecule has 2 aromatic rings. The maximum Gasteiger partial charge on any atom is 0.327 e. The van der Waals surface area contributed by atoms with Crippen molar-refractivity contribution < 1.29 is 18.0 Å². The molecule has 148 valence electrons. The van der Waals surface area contributed by atoms with E-state index in [0.29, 0.717) is 13.0 Å². The molecule has 2 N–H and O–H groups in total. The average Bonchev–Trinajstić information content (AvgIpc) is 2.81. The molecule has 9 heteroatoms. The quantitative estimate of drug-likeness (QED) is 0.736. The Hall–Kier alpha value is -2.78. The minimum absolute atomic E-state index is 0.0224. The van der Waals surface area contributed by atoms with Crippen LogP contribution in [0.15, 0.2) is 53.7 Å². The third-order valence-corrected chi connectivity index (χ3v) is 5.80. The highest BCUT2D eigenvalue weighted by Gasteiger charge is 2.50. The summed E-state index contributed by atoms with van der Waals surface area (Å²) in [5.41, 5.74) is 0.751. The lowest BCUT2D eigenvalue weighted by Gasteiger charge is -2.27. The van der Waals surface area contributed by atoms with E-state index in [4.69, 9.17) is 5.14 Å². The molecule has 1 aromatic heterocycles. The maximum absolute atomic E-state index is 12.9. The van der Waals surface area contributed by atoms with Crippen LogP contribution >= 0.6 is 0 Å². The van der Waals surface area contributed by atoms with Crippen molar-refractivity contribution in [3.8, 4) is 0 Å². The molecule has 1 aliphatic heterocycles. The highest BCUT2D eigenvalue weighted by atomic mass is 32.2. The number of primary sulfonamides is 1. The number of hydrogen-bond donors (Lipinski definition) is 1. The van der Waals surface area contributed by atoms with Gasteiger partial charge < -0.3 is 4.90 Å². The Morgan fingerprint density at radius 1 is 1.00 bits per heavy atom. The summed E-state index contributed by atoms with van der Waals surface area (Å²) < 4.78 is 22.7. The van der Waals surface area contributed by atoms with Gasteiger partial charge in [-0.1, -0.05) is 12.1 Å². The summed E-state index contributed by atoms with van der Waals surface area (Å²) in [6.07, 6.45) is 3.71. The van der Waals surface area contributed by atoms with Crippen LogP contribution in [0.25, 0.3) is 0 Å². The van der Waals surface area contributed by atoms with Crippen molar-refractivity contribution in [2.75, 3.05) is 6.54 Å². The molecule has 0 spiro atoms. The monoisotopic (exact) mass is 402 g/mol. The van der Waals surface area contributed by atoms with Gasteiger partial charge in [0.1, 0.15) is 5.54 Å². The number of sulfonamides is 1. The van der Waals surface area contributed by atoms with Gasteiger partial charge in [-0.2, -0.15) is 0 Å². The summed E-state index contributed by atoms with van der Waals surface area (Å²) in [7, 11) is -3.75. The summed E-state index contributed by atoms with van der Waals surface area (Å²) in [4.78, 5) is 32.4. The number of imide groups is 1. The molecule has 1 aromatic carbocycles. The van der Waals surface area contributed by atoms with Crippen LogP contribution in [-0.4, -0.2) is 47.2 Å². The molecule has 1 saturated heterocycles. The van der Waals surface area contributed by atoms with E-state index in [9.17, 15) is 18.0 Å². The lowest BCUT2D eigenvalue weighted by atomic mass is 10.0. The highest BCUT2D eigenvalue weighted by Crippen LogP contribution is 2.29. The zero-order valence-corrected chi connectivity index (χ0v) is 16.5. The standard InChI is InChI=1S/C19H22N4O4S/c1-19(2)17(24)22(18(25)23(19)13-15-7-10-21-11-8-15)12-9-14-3-5-16(6-4-14)28(20,26)27/h3-8,10-11H,9,12-13H2,1-2H3,(H2,20,26,27). The Bertz CT molecular complexity index is 988. The van der Waals surface area contributed by atoms with Gasteiger partial charge in [-0.25, -0.2) is 18.4 Å². The van der Waals surface area contributed by atoms with Crippen molar-refractivity contribution >= 4 is 22.0 Å². The molecule has 0 bridgehead atoms. The summed E-state index contributed by atoms with van der Waals surface area (Å²) in [6, 6.07) is 9.37. The number of carbonyl (C=O) groups excluding carboxylic acids is 2. The number of nitrogens with two attached hydrogens (primary N) is 1. The third kappa shape index (κ3) is 3.90. The summed E-state index contributed by atoms with van der Waals surface area (Å²) in [5, 5.41) is 5.09. The van der Waals surface area contributed by atoms with Gasteiger partial charge in [0.15, 0.2) is 0 Å². The predicted molar refractivity (Wildman–Crippen MR) is 102 cm³/mol. The van der Waals surface area contributed by atoms with E-state index >= 15 is 0 Å². The molecule has 0 saturated carbocycles. The Labute approximate surface area is 164 Å².